The normalized spacial score (nSPS) is 18.5. The molecule has 5 nitrogen and oxygen atoms in total. The molecule has 0 radical (unpaired) electrons. The molecular formula is C16H22N4O. The molecule has 0 spiro atoms. The summed E-state index contributed by atoms with van der Waals surface area (Å²) in [4.78, 5) is 6.80. The Morgan fingerprint density at radius 1 is 1.33 bits per heavy atom. The molecule has 2 aromatic rings. The summed E-state index contributed by atoms with van der Waals surface area (Å²) in [6.45, 7) is 3.01. The van der Waals surface area contributed by atoms with Crippen LogP contribution in [0.2, 0.25) is 0 Å². The van der Waals surface area contributed by atoms with Crippen LogP contribution >= 0.6 is 0 Å². The number of hydrogen-bond donors (Lipinski definition) is 1. The number of aromatic nitrogens is 2. The zero-order valence-electron chi connectivity index (χ0n) is 12.6. The van der Waals surface area contributed by atoms with Gasteiger partial charge >= 0.3 is 0 Å². The van der Waals surface area contributed by atoms with Crippen LogP contribution in [-0.4, -0.2) is 28.6 Å². The van der Waals surface area contributed by atoms with E-state index >= 15 is 0 Å². The Bertz CT molecular complexity index is 591. The van der Waals surface area contributed by atoms with Gasteiger partial charge in [-0.2, -0.15) is 4.98 Å². The van der Waals surface area contributed by atoms with Crippen LogP contribution in [0.1, 0.15) is 49.5 Å². The first kappa shape index (κ1) is 14.2. The molecule has 2 N–H and O–H groups in total. The van der Waals surface area contributed by atoms with Crippen LogP contribution in [0.3, 0.4) is 0 Å². The maximum atomic E-state index is 6.29. The van der Waals surface area contributed by atoms with Crippen molar-refractivity contribution < 1.29 is 4.52 Å². The lowest BCUT2D eigenvalue weighted by atomic mass is 9.77. The van der Waals surface area contributed by atoms with Gasteiger partial charge in [0.1, 0.15) is 6.04 Å². The average molecular weight is 286 g/mol. The molecular weight excluding hydrogens is 264 g/mol. The fraction of sp³-hybridized carbons (Fsp3) is 0.500. The molecule has 3 rings (SSSR count). The van der Waals surface area contributed by atoms with E-state index in [2.05, 4.69) is 41.1 Å². The summed E-state index contributed by atoms with van der Waals surface area (Å²) >= 11 is 0. The summed E-state index contributed by atoms with van der Waals surface area (Å²) in [6.07, 6.45) is 3.01. The van der Waals surface area contributed by atoms with Gasteiger partial charge in [-0.05, 0) is 38.4 Å². The van der Waals surface area contributed by atoms with Crippen molar-refractivity contribution in [3.8, 4) is 0 Å². The van der Waals surface area contributed by atoms with E-state index in [0.29, 0.717) is 11.7 Å². The summed E-state index contributed by atoms with van der Waals surface area (Å²) in [6, 6.07) is 10.2. The second-order valence-electron chi connectivity index (χ2n) is 5.85. The Morgan fingerprint density at radius 2 is 2.05 bits per heavy atom. The maximum Gasteiger partial charge on any atom is 0.248 e. The highest BCUT2D eigenvalue weighted by atomic mass is 16.5. The molecule has 1 aromatic heterocycles. The van der Waals surface area contributed by atoms with Gasteiger partial charge in [-0.25, -0.2) is 0 Å². The monoisotopic (exact) mass is 286 g/mol. The Morgan fingerprint density at radius 3 is 2.62 bits per heavy atom. The number of nitrogens with zero attached hydrogens (tertiary/aromatic N) is 3. The predicted molar refractivity (Wildman–Crippen MR) is 80.6 cm³/mol. The molecule has 1 fully saturated rings. The van der Waals surface area contributed by atoms with E-state index in [0.717, 1.165) is 31.4 Å². The molecule has 1 saturated carbocycles. The maximum absolute atomic E-state index is 6.29. The third kappa shape index (κ3) is 2.59. The first-order valence-corrected chi connectivity index (χ1v) is 7.52. The van der Waals surface area contributed by atoms with Crippen LogP contribution in [0, 0.1) is 0 Å². The van der Waals surface area contributed by atoms with Crippen molar-refractivity contribution in [3.05, 3.63) is 47.6 Å². The van der Waals surface area contributed by atoms with Crippen molar-refractivity contribution >= 4 is 0 Å². The smallest absolute Gasteiger partial charge is 0.248 e. The highest BCUT2D eigenvalue weighted by Gasteiger charge is 2.39. The van der Waals surface area contributed by atoms with Gasteiger partial charge in [0.25, 0.3) is 0 Å². The number of benzene rings is 1. The van der Waals surface area contributed by atoms with E-state index in [-0.39, 0.29) is 11.6 Å². The fourth-order valence-electron chi connectivity index (χ4n) is 2.73. The largest absolute Gasteiger partial charge is 0.337 e. The van der Waals surface area contributed by atoms with Gasteiger partial charge in [0.15, 0.2) is 5.82 Å². The molecule has 0 saturated heterocycles. The van der Waals surface area contributed by atoms with Gasteiger partial charge in [0.05, 0.1) is 5.54 Å². The molecule has 0 amide bonds. The highest BCUT2D eigenvalue weighted by molar-refractivity contribution is 5.24. The van der Waals surface area contributed by atoms with Crippen molar-refractivity contribution in [2.45, 2.75) is 37.8 Å². The molecule has 5 heteroatoms. The molecule has 1 aliphatic carbocycles. The van der Waals surface area contributed by atoms with E-state index in [1.165, 1.54) is 0 Å². The third-order valence-electron chi connectivity index (χ3n) is 4.42. The van der Waals surface area contributed by atoms with Crippen LogP contribution in [0.25, 0.3) is 0 Å². The van der Waals surface area contributed by atoms with E-state index in [9.17, 15) is 0 Å². The van der Waals surface area contributed by atoms with Crippen molar-refractivity contribution in [1.29, 1.82) is 0 Å². The minimum atomic E-state index is -0.381. The van der Waals surface area contributed by atoms with Gasteiger partial charge in [-0.15, -0.1) is 0 Å². The van der Waals surface area contributed by atoms with E-state index in [1.54, 1.807) is 0 Å². The second kappa shape index (κ2) is 5.58. The number of hydrogen-bond acceptors (Lipinski definition) is 5. The van der Waals surface area contributed by atoms with Gasteiger partial charge < -0.3 is 10.3 Å². The molecule has 0 bridgehead atoms. The van der Waals surface area contributed by atoms with E-state index < -0.39 is 0 Å². The lowest BCUT2D eigenvalue weighted by Crippen LogP contribution is -2.44. The van der Waals surface area contributed by atoms with Gasteiger partial charge in [0, 0.05) is 0 Å². The molecule has 1 aromatic carbocycles. The zero-order chi connectivity index (χ0) is 14.9. The lowest BCUT2D eigenvalue weighted by molar-refractivity contribution is 0.220. The molecule has 1 atom stereocenters. The van der Waals surface area contributed by atoms with Crippen molar-refractivity contribution in [1.82, 2.24) is 15.0 Å². The summed E-state index contributed by atoms with van der Waals surface area (Å²) in [5.74, 6) is 1.27. The van der Waals surface area contributed by atoms with Crippen LogP contribution < -0.4 is 5.73 Å². The van der Waals surface area contributed by atoms with Crippen molar-refractivity contribution in [3.63, 3.8) is 0 Å². The molecule has 112 valence electrons. The van der Waals surface area contributed by atoms with Crippen molar-refractivity contribution in [2.75, 3.05) is 13.6 Å². The molecule has 1 unspecified atom stereocenters. The van der Waals surface area contributed by atoms with Crippen LogP contribution in [0.4, 0.5) is 0 Å². The number of rotatable bonds is 5. The molecule has 21 heavy (non-hydrogen) atoms. The second-order valence-corrected chi connectivity index (χ2v) is 5.85. The average Bonchev–Trinajstić information content (AvgIpc) is 2.95. The Kier molecular flexibility index (Phi) is 3.78. The summed E-state index contributed by atoms with van der Waals surface area (Å²) in [5.41, 5.74) is 7.05. The lowest BCUT2D eigenvalue weighted by Gasteiger charge is -2.34. The van der Waals surface area contributed by atoms with Gasteiger partial charge in [-0.1, -0.05) is 42.4 Å². The van der Waals surface area contributed by atoms with Crippen molar-refractivity contribution in [2.24, 2.45) is 5.73 Å². The van der Waals surface area contributed by atoms with Gasteiger partial charge in [0.2, 0.25) is 5.89 Å². The molecule has 1 heterocycles. The fourth-order valence-corrected chi connectivity index (χ4v) is 2.73. The number of nitrogens with two attached hydrogens (primary N) is 1. The first-order valence-electron chi connectivity index (χ1n) is 7.52. The molecule has 0 aliphatic heterocycles. The zero-order valence-corrected chi connectivity index (χ0v) is 12.6. The minimum Gasteiger partial charge on any atom is -0.337 e. The topological polar surface area (TPSA) is 68.2 Å². The summed E-state index contributed by atoms with van der Waals surface area (Å²) < 4.78 is 5.54. The SMILES string of the molecule is CCN(C)C(c1ccccc1)c1nc(C2(N)CCC2)no1. The first-order chi connectivity index (χ1) is 10.1. The van der Waals surface area contributed by atoms with Gasteiger partial charge in [-0.3, -0.25) is 4.90 Å². The summed E-state index contributed by atoms with van der Waals surface area (Å²) in [5, 5.41) is 4.14. The van der Waals surface area contributed by atoms with Crippen LogP contribution in [0.15, 0.2) is 34.9 Å². The minimum absolute atomic E-state index is 0.0267. The Balaban J connectivity index is 1.94. The Hall–Kier alpha value is -1.72. The highest BCUT2D eigenvalue weighted by Crippen LogP contribution is 2.38. The molecule has 1 aliphatic rings. The van der Waals surface area contributed by atoms with Crippen LogP contribution in [0.5, 0.6) is 0 Å². The standard InChI is InChI=1S/C16H22N4O/c1-3-20(2)13(12-8-5-4-6-9-12)14-18-15(19-21-14)16(17)10-7-11-16/h4-6,8-9,13H,3,7,10-11,17H2,1-2H3. The third-order valence-corrected chi connectivity index (χ3v) is 4.42. The van der Waals surface area contributed by atoms with E-state index in [4.69, 9.17) is 10.3 Å². The van der Waals surface area contributed by atoms with Crippen LogP contribution in [-0.2, 0) is 5.54 Å². The predicted octanol–water partition coefficient (Wildman–Crippen LogP) is 2.45. The Labute approximate surface area is 125 Å². The quantitative estimate of drug-likeness (QED) is 0.914. The van der Waals surface area contributed by atoms with E-state index in [1.807, 2.05) is 18.2 Å². The summed E-state index contributed by atoms with van der Waals surface area (Å²) in [7, 11) is 2.06.